The molecule has 2 fully saturated rings. The fourth-order valence-corrected chi connectivity index (χ4v) is 7.55. The van der Waals surface area contributed by atoms with E-state index in [2.05, 4.69) is 10.6 Å². The number of amides is 2. The predicted octanol–water partition coefficient (Wildman–Crippen LogP) is 3.81. The van der Waals surface area contributed by atoms with Gasteiger partial charge in [0.1, 0.15) is 12.1 Å². The van der Waals surface area contributed by atoms with Gasteiger partial charge in [0.25, 0.3) is 0 Å². The van der Waals surface area contributed by atoms with Gasteiger partial charge in [0.15, 0.2) is 9.84 Å². The molecular formula is C31H50N2O6S2. The molecule has 232 valence electrons. The van der Waals surface area contributed by atoms with E-state index < -0.39 is 56.6 Å². The zero-order valence-electron chi connectivity index (χ0n) is 25.1. The van der Waals surface area contributed by atoms with Gasteiger partial charge in [-0.15, -0.1) is 0 Å². The van der Waals surface area contributed by atoms with Gasteiger partial charge in [-0.05, 0) is 63.7 Å². The second kappa shape index (κ2) is 15.2. The zero-order valence-corrected chi connectivity index (χ0v) is 26.7. The Bertz CT molecular complexity index is 1080. The van der Waals surface area contributed by atoms with Crippen molar-refractivity contribution in [3.05, 3.63) is 35.9 Å². The van der Waals surface area contributed by atoms with Crippen molar-refractivity contribution in [3.8, 4) is 0 Å². The molecule has 41 heavy (non-hydrogen) atoms. The summed E-state index contributed by atoms with van der Waals surface area (Å²) in [5, 5.41) is 27.6. The monoisotopic (exact) mass is 610 g/mol. The van der Waals surface area contributed by atoms with Gasteiger partial charge in [0.05, 0.1) is 22.6 Å². The van der Waals surface area contributed by atoms with Gasteiger partial charge in [0, 0.05) is 18.1 Å². The van der Waals surface area contributed by atoms with Crippen LogP contribution in [0.5, 0.6) is 0 Å². The molecule has 0 bridgehead atoms. The summed E-state index contributed by atoms with van der Waals surface area (Å²) in [5.41, 5.74) is 0.756. The number of carbonyl (C=O) groups is 2. The van der Waals surface area contributed by atoms with Crippen molar-refractivity contribution in [1.29, 1.82) is 0 Å². The van der Waals surface area contributed by atoms with Crippen LogP contribution in [0.25, 0.3) is 0 Å². The normalized spacial score (nSPS) is 20.4. The summed E-state index contributed by atoms with van der Waals surface area (Å²) in [6.07, 6.45) is 7.72. The van der Waals surface area contributed by atoms with Crippen molar-refractivity contribution in [2.45, 2.75) is 114 Å². The smallest absolute Gasteiger partial charge is 0.243 e. The fraction of sp³-hybridized carbons (Fsp3) is 0.742. The number of carbonyl (C=O) groups excluding carboxylic acids is 2. The molecule has 0 saturated heterocycles. The van der Waals surface area contributed by atoms with E-state index >= 15 is 0 Å². The molecule has 0 spiro atoms. The van der Waals surface area contributed by atoms with Crippen LogP contribution < -0.4 is 10.6 Å². The summed E-state index contributed by atoms with van der Waals surface area (Å²) in [7, 11) is -3.51. The molecule has 2 saturated carbocycles. The SMILES string of the molecule is CSCC(NC(=O)CC(CS(=O)(=O)C(C)(C)C)c1ccccc1)C(=O)NC(CC1CCCCC1)C(O)C(O)C1CC1. The summed E-state index contributed by atoms with van der Waals surface area (Å²) in [6, 6.07) is 7.68. The van der Waals surface area contributed by atoms with Gasteiger partial charge in [-0.25, -0.2) is 8.42 Å². The number of thioether (sulfide) groups is 1. The van der Waals surface area contributed by atoms with Gasteiger partial charge in [-0.1, -0.05) is 62.4 Å². The minimum atomic E-state index is -3.51. The van der Waals surface area contributed by atoms with Crippen molar-refractivity contribution < 1.29 is 28.2 Å². The molecule has 4 N–H and O–H groups in total. The third-order valence-corrected chi connectivity index (χ3v) is 11.9. The highest BCUT2D eigenvalue weighted by Gasteiger charge is 2.40. The van der Waals surface area contributed by atoms with Crippen LogP contribution in [0.2, 0.25) is 0 Å². The Morgan fingerprint density at radius 2 is 1.63 bits per heavy atom. The second-order valence-electron chi connectivity index (χ2n) is 13.0. The van der Waals surface area contributed by atoms with Crippen molar-refractivity contribution in [2.24, 2.45) is 11.8 Å². The molecule has 0 heterocycles. The number of aliphatic hydroxyl groups is 2. The summed E-state index contributed by atoms with van der Waals surface area (Å²) in [4.78, 5) is 26.8. The topological polar surface area (TPSA) is 133 Å². The maximum absolute atomic E-state index is 13.5. The maximum atomic E-state index is 13.5. The Balaban J connectivity index is 1.72. The quantitative estimate of drug-likeness (QED) is 0.237. The predicted molar refractivity (Wildman–Crippen MR) is 166 cm³/mol. The van der Waals surface area contributed by atoms with E-state index in [0.29, 0.717) is 18.1 Å². The van der Waals surface area contributed by atoms with Crippen molar-refractivity contribution in [3.63, 3.8) is 0 Å². The van der Waals surface area contributed by atoms with Gasteiger partial charge in [0.2, 0.25) is 11.8 Å². The van der Waals surface area contributed by atoms with Crippen LogP contribution in [0.1, 0.15) is 90.0 Å². The molecule has 2 amide bonds. The van der Waals surface area contributed by atoms with E-state index in [4.69, 9.17) is 0 Å². The highest BCUT2D eigenvalue weighted by Crippen LogP contribution is 2.36. The molecule has 0 aromatic heterocycles. The number of sulfone groups is 1. The lowest BCUT2D eigenvalue weighted by atomic mass is 9.82. The standard InChI is InChI=1S/C31H50N2O6S2/c1-31(2,3)41(38,39)20-24(22-13-9-6-10-14-22)18-27(34)32-26(19-40-4)30(37)33-25(17-21-11-7-5-8-12-21)29(36)28(35)23-15-16-23/h6,9-10,13-14,21,23-26,28-29,35-36H,5,7-8,11-12,15-20H2,1-4H3,(H,32,34)(H,33,37). The number of nitrogens with one attached hydrogen (secondary N) is 2. The third-order valence-electron chi connectivity index (χ3n) is 8.55. The highest BCUT2D eigenvalue weighted by molar-refractivity contribution is 7.98. The van der Waals surface area contributed by atoms with Crippen LogP contribution in [-0.4, -0.2) is 77.2 Å². The number of benzene rings is 1. The van der Waals surface area contributed by atoms with Crippen LogP contribution >= 0.6 is 11.8 Å². The molecule has 8 nitrogen and oxygen atoms in total. The number of rotatable bonds is 15. The fourth-order valence-electron chi connectivity index (χ4n) is 5.64. The average molecular weight is 611 g/mol. The molecule has 0 aliphatic heterocycles. The number of aliphatic hydroxyl groups excluding tert-OH is 2. The Labute approximate surface area is 250 Å². The molecule has 5 atom stereocenters. The average Bonchev–Trinajstić information content (AvgIpc) is 3.77. The second-order valence-corrected chi connectivity index (χ2v) is 16.7. The Hall–Kier alpha value is -1.62. The lowest BCUT2D eigenvalue weighted by Crippen LogP contribution is -2.56. The summed E-state index contributed by atoms with van der Waals surface area (Å²) < 4.78 is 25.2. The highest BCUT2D eigenvalue weighted by atomic mass is 32.2. The molecule has 2 aliphatic rings. The lowest BCUT2D eigenvalue weighted by molar-refractivity contribution is -0.130. The van der Waals surface area contributed by atoms with Gasteiger partial charge >= 0.3 is 0 Å². The molecule has 5 unspecified atom stereocenters. The minimum Gasteiger partial charge on any atom is -0.390 e. The van der Waals surface area contributed by atoms with E-state index in [1.165, 1.54) is 18.2 Å². The van der Waals surface area contributed by atoms with Crippen molar-refractivity contribution >= 4 is 33.4 Å². The molecule has 0 radical (unpaired) electrons. The molecular weight excluding hydrogens is 560 g/mol. The molecule has 10 heteroatoms. The number of hydrogen-bond acceptors (Lipinski definition) is 7. The molecule has 3 rings (SSSR count). The largest absolute Gasteiger partial charge is 0.390 e. The Morgan fingerprint density at radius 3 is 2.20 bits per heavy atom. The minimum absolute atomic E-state index is 0.0664. The van der Waals surface area contributed by atoms with Gasteiger partial charge in [-0.3, -0.25) is 9.59 Å². The van der Waals surface area contributed by atoms with Gasteiger partial charge < -0.3 is 20.8 Å². The van der Waals surface area contributed by atoms with Gasteiger partial charge in [-0.2, -0.15) is 11.8 Å². The van der Waals surface area contributed by atoms with Crippen LogP contribution in [0.4, 0.5) is 0 Å². The summed E-state index contributed by atoms with van der Waals surface area (Å²) in [6.45, 7) is 4.96. The molecule has 1 aromatic rings. The third kappa shape index (κ3) is 10.3. The van der Waals surface area contributed by atoms with Crippen LogP contribution in [0.3, 0.4) is 0 Å². The van der Waals surface area contributed by atoms with Crippen LogP contribution in [-0.2, 0) is 19.4 Å². The zero-order chi connectivity index (χ0) is 30.2. The molecule has 2 aliphatic carbocycles. The van der Waals surface area contributed by atoms with E-state index in [0.717, 1.165) is 44.1 Å². The van der Waals surface area contributed by atoms with Crippen molar-refractivity contribution in [1.82, 2.24) is 10.6 Å². The lowest BCUT2D eigenvalue weighted by Gasteiger charge is -2.33. The van der Waals surface area contributed by atoms with E-state index in [9.17, 15) is 28.2 Å². The van der Waals surface area contributed by atoms with Crippen LogP contribution in [0, 0.1) is 11.8 Å². The molecule has 1 aromatic carbocycles. The van der Waals surface area contributed by atoms with Crippen LogP contribution in [0.15, 0.2) is 30.3 Å². The van der Waals surface area contributed by atoms with Crippen molar-refractivity contribution in [2.75, 3.05) is 17.8 Å². The number of hydrogen-bond donors (Lipinski definition) is 4. The first-order valence-electron chi connectivity index (χ1n) is 15.0. The van der Waals surface area contributed by atoms with E-state index in [1.807, 2.05) is 36.6 Å². The first-order valence-corrected chi connectivity index (χ1v) is 18.1. The summed E-state index contributed by atoms with van der Waals surface area (Å²) in [5.74, 6) is -0.772. The Morgan fingerprint density at radius 1 is 1.00 bits per heavy atom. The Kier molecular flexibility index (Phi) is 12.6. The van der Waals surface area contributed by atoms with E-state index in [-0.39, 0.29) is 18.1 Å². The van der Waals surface area contributed by atoms with E-state index in [1.54, 1.807) is 20.8 Å². The summed E-state index contributed by atoms with van der Waals surface area (Å²) >= 11 is 1.42. The first-order chi connectivity index (χ1) is 19.3. The maximum Gasteiger partial charge on any atom is 0.243 e. The first kappa shape index (κ1) is 33.9.